The number of nitrogens with zero attached hydrogens (tertiary/aromatic N) is 4. The third kappa shape index (κ3) is 19.2. The second kappa shape index (κ2) is 32.7. The topological polar surface area (TPSA) is 252 Å². The highest BCUT2D eigenvalue weighted by Gasteiger charge is 2.43. The van der Waals surface area contributed by atoms with Gasteiger partial charge in [0, 0.05) is 91.7 Å². The minimum absolute atomic E-state index is 0.0393. The highest BCUT2D eigenvalue weighted by atomic mass is 32.2. The number of hydrogen-bond donors (Lipinski definition) is 4. The Morgan fingerprint density at radius 3 is 2.00 bits per heavy atom. The Morgan fingerprint density at radius 1 is 0.776 bits per heavy atom. The molecule has 0 saturated carbocycles. The molecule has 0 spiro atoms. The molecule has 0 radical (unpaired) electrons. The summed E-state index contributed by atoms with van der Waals surface area (Å²) in [5, 5.41) is 11.7. The maximum atomic E-state index is 14.4. The average Bonchev–Trinajstić information content (AvgIpc) is 4.12. The van der Waals surface area contributed by atoms with E-state index in [4.69, 9.17) is 18.9 Å². The number of carbonyl (C=O) groups excluding carboxylic acids is 9. The number of ether oxygens (including phenoxy) is 4. The van der Waals surface area contributed by atoms with Crippen LogP contribution in [0.5, 0.6) is 0 Å². The molecule has 23 heteroatoms. The van der Waals surface area contributed by atoms with Gasteiger partial charge in [-0.2, -0.15) is 0 Å². The quantitative estimate of drug-likeness (QED) is 0.0614. The number of amides is 8. The monoisotopic (exact) mass is 1110 g/mol. The Bertz CT molecular complexity index is 2080. The first kappa shape index (κ1) is 65.3. The van der Waals surface area contributed by atoms with Gasteiger partial charge in [0.05, 0.1) is 55.6 Å². The Kier molecular flexibility index (Phi) is 28.1. The molecule has 76 heavy (non-hydrogen) atoms. The van der Waals surface area contributed by atoms with Crippen molar-refractivity contribution in [3.05, 3.63) is 35.9 Å². The Hall–Kier alpha value is -4.97. The van der Waals surface area contributed by atoms with Crippen molar-refractivity contribution in [3.8, 4) is 0 Å². The third-order valence-corrected chi connectivity index (χ3v) is 16.9. The SMILES string of the molecule is COCCNC(=O)CCN(CCC(=O)NC(C)C(=O)N(C)[C@@H](C(=O)N[C@H](C(=O)N(C)[C@@H](C)[C@@H](CC(=O)N1CCC[C@H]1[C@H](OC)[C@@H](C)C(=O)N[C@@H](Cc1ccccc1)C(=O)OC)OC)C(C)C)C(C)C)C(=O)C1CSCS1. The normalized spacial score (nSPS) is 18.5. The van der Waals surface area contributed by atoms with E-state index in [1.807, 2.05) is 30.3 Å². The largest absolute Gasteiger partial charge is 0.467 e. The molecule has 2 unspecified atom stereocenters. The Balaban J connectivity index is 1.65. The molecule has 21 nitrogen and oxygen atoms in total. The maximum Gasteiger partial charge on any atom is 0.328 e. The second-order valence-corrected chi connectivity index (χ2v) is 22.8. The third-order valence-electron chi connectivity index (χ3n) is 14.1. The minimum atomic E-state index is -1.05. The van der Waals surface area contributed by atoms with Crippen LogP contribution in [0.3, 0.4) is 0 Å². The first-order chi connectivity index (χ1) is 36.0. The van der Waals surface area contributed by atoms with Crippen molar-refractivity contribution in [1.29, 1.82) is 0 Å². The molecule has 8 amide bonds. The van der Waals surface area contributed by atoms with Gasteiger partial charge in [-0.15, -0.1) is 23.5 Å². The zero-order valence-corrected chi connectivity index (χ0v) is 48.6. The minimum Gasteiger partial charge on any atom is -0.467 e. The molecule has 2 fully saturated rings. The van der Waals surface area contributed by atoms with Crippen LogP contribution in [0.4, 0.5) is 0 Å². The summed E-state index contributed by atoms with van der Waals surface area (Å²) in [5.41, 5.74) is 0.841. The number of carbonyl (C=O) groups is 9. The van der Waals surface area contributed by atoms with Crippen LogP contribution < -0.4 is 21.3 Å². The number of methoxy groups -OCH3 is 4. The number of thioether (sulfide) groups is 2. The van der Waals surface area contributed by atoms with Gasteiger partial charge in [0.15, 0.2) is 0 Å². The summed E-state index contributed by atoms with van der Waals surface area (Å²) in [6.07, 6.45) is -0.210. The molecule has 4 N–H and O–H groups in total. The fourth-order valence-corrected chi connectivity index (χ4v) is 12.3. The number of nitrogens with one attached hydrogen (secondary N) is 4. The highest BCUT2D eigenvalue weighted by molar-refractivity contribution is 8.19. The van der Waals surface area contributed by atoms with Crippen LogP contribution in [-0.2, 0) is 68.5 Å². The number of benzene rings is 1. The van der Waals surface area contributed by atoms with Gasteiger partial charge in [0.2, 0.25) is 47.3 Å². The average molecular weight is 1110 g/mol. The van der Waals surface area contributed by atoms with E-state index >= 15 is 0 Å². The summed E-state index contributed by atoms with van der Waals surface area (Å²) in [6.45, 7) is 13.3. The van der Waals surface area contributed by atoms with E-state index in [1.165, 1.54) is 68.9 Å². The lowest BCUT2D eigenvalue weighted by Gasteiger charge is -2.38. The molecule has 1 aromatic rings. The van der Waals surface area contributed by atoms with Crippen molar-refractivity contribution in [1.82, 2.24) is 40.9 Å². The molecule has 0 bridgehead atoms. The molecule has 0 aromatic heterocycles. The van der Waals surface area contributed by atoms with Gasteiger partial charge in [0.25, 0.3) is 0 Å². The lowest BCUT2D eigenvalue weighted by atomic mass is 9.93. The van der Waals surface area contributed by atoms with Crippen LogP contribution in [-0.4, -0.2) is 213 Å². The fraction of sp³-hybridized carbons (Fsp3) is 0.717. The summed E-state index contributed by atoms with van der Waals surface area (Å²) in [5.74, 6) is -4.68. The first-order valence-corrected chi connectivity index (χ1v) is 28.4. The summed E-state index contributed by atoms with van der Waals surface area (Å²) < 4.78 is 21.7. The molecule has 2 saturated heterocycles. The number of esters is 1. The van der Waals surface area contributed by atoms with Crippen molar-refractivity contribution in [2.45, 2.75) is 141 Å². The van der Waals surface area contributed by atoms with Gasteiger partial charge in [-0.05, 0) is 44.1 Å². The van der Waals surface area contributed by atoms with Crippen LogP contribution in [0.1, 0.15) is 86.1 Å². The summed E-state index contributed by atoms with van der Waals surface area (Å²) in [7, 11) is 8.78. The van der Waals surface area contributed by atoms with E-state index in [-0.39, 0.29) is 61.7 Å². The second-order valence-electron chi connectivity index (χ2n) is 20.2. The molecule has 10 atom stereocenters. The molecule has 3 rings (SSSR count). The maximum absolute atomic E-state index is 14.4. The number of likely N-dealkylation sites (tertiary alicyclic amines) is 1. The molecule has 428 valence electrons. The van der Waals surface area contributed by atoms with Crippen molar-refractivity contribution in [2.75, 3.05) is 86.2 Å². The van der Waals surface area contributed by atoms with Crippen molar-refractivity contribution >= 4 is 76.8 Å². The smallest absolute Gasteiger partial charge is 0.328 e. The van der Waals surface area contributed by atoms with E-state index in [0.29, 0.717) is 38.3 Å². The van der Waals surface area contributed by atoms with Gasteiger partial charge in [-0.25, -0.2) is 4.79 Å². The summed E-state index contributed by atoms with van der Waals surface area (Å²) in [6, 6.07) is 4.06. The van der Waals surface area contributed by atoms with E-state index in [0.717, 1.165) is 10.6 Å². The zero-order valence-electron chi connectivity index (χ0n) is 46.9. The van der Waals surface area contributed by atoms with E-state index in [1.54, 1.807) is 65.3 Å². The molecule has 1 aromatic carbocycles. The number of likely N-dealkylation sites (N-methyl/N-ethyl adjacent to an activating group) is 2. The van der Waals surface area contributed by atoms with Crippen LogP contribution in [0.2, 0.25) is 0 Å². The van der Waals surface area contributed by atoms with E-state index in [2.05, 4.69) is 21.3 Å². The van der Waals surface area contributed by atoms with Crippen LogP contribution >= 0.6 is 23.5 Å². The Morgan fingerprint density at radius 2 is 1.43 bits per heavy atom. The predicted molar refractivity (Wildman–Crippen MR) is 292 cm³/mol. The van der Waals surface area contributed by atoms with Gasteiger partial charge in [0.1, 0.15) is 24.2 Å². The number of hydrogen-bond acceptors (Lipinski definition) is 15. The van der Waals surface area contributed by atoms with Crippen LogP contribution in [0.15, 0.2) is 30.3 Å². The number of rotatable bonds is 31. The molecule has 2 heterocycles. The molecular formula is C53H86N8O13S2. The standard InChI is InChI=1S/C53H86N8O13S2/c1-32(2)45(57-49(66)46(33(3)4)59(9)50(67)35(6)55-43(63)22-26-60(51(68)41-30-75-31-76-41)25-21-42(62)54-23-27-71-10)52(69)58(8)36(7)40(72-11)29-44(64)61-24-17-20-39(61)47(73-12)34(5)48(65)56-38(53(70)74-13)28-37-18-15-14-16-19-37/h14-16,18-19,32-36,38-41,45-47H,17,20-31H2,1-13H3,(H,54,62)(H,55,63)(H,56,65)(H,57,66)/t34-,35?,36+,38+,39+,40-,41?,45+,46-,47-/m1/s1. The van der Waals surface area contributed by atoms with Crippen molar-refractivity contribution in [2.24, 2.45) is 17.8 Å². The first-order valence-electron chi connectivity index (χ1n) is 26.2. The van der Waals surface area contributed by atoms with Crippen molar-refractivity contribution in [3.63, 3.8) is 0 Å². The molecule has 2 aliphatic rings. The lowest BCUT2D eigenvalue weighted by Crippen LogP contribution is -2.60. The lowest BCUT2D eigenvalue weighted by molar-refractivity contribution is -0.148. The predicted octanol–water partition coefficient (Wildman–Crippen LogP) is 2.09. The van der Waals surface area contributed by atoms with E-state index in [9.17, 15) is 43.2 Å². The van der Waals surface area contributed by atoms with Gasteiger partial charge < -0.3 is 59.8 Å². The molecular weight excluding hydrogens is 1020 g/mol. The summed E-state index contributed by atoms with van der Waals surface area (Å²) >= 11 is 3.17. The Labute approximate surface area is 458 Å². The zero-order chi connectivity index (χ0) is 56.8. The summed E-state index contributed by atoms with van der Waals surface area (Å²) in [4.78, 5) is 128. The van der Waals surface area contributed by atoms with E-state index < -0.39 is 102 Å². The fourth-order valence-electron chi connectivity index (χ4n) is 9.55. The van der Waals surface area contributed by atoms with Crippen LogP contribution in [0.25, 0.3) is 0 Å². The van der Waals surface area contributed by atoms with Crippen LogP contribution in [0, 0.1) is 17.8 Å². The molecule has 2 aliphatic heterocycles. The van der Waals surface area contributed by atoms with Gasteiger partial charge in [-0.3, -0.25) is 38.4 Å². The molecule has 0 aliphatic carbocycles. The highest BCUT2D eigenvalue weighted by Crippen LogP contribution is 2.31. The van der Waals surface area contributed by atoms with Gasteiger partial charge in [-0.1, -0.05) is 65.0 Å². The van der Waals surface area contributed by atoms with Crippen molar-refractivity contribution < 1.29 is 62.1 Å². The van der Waals surface area contributed by atoms with Gasteiger partial charge >= 0.3 is 5.97 Å².